The number of aliphatic imine (C=N–C) groups is 1. The zero-order valence-corrected chi connectivity index (χ0v) is 16.3. The summed E-state index contributed by atoms with van der Waals surface area (Å²) in [5.41, 5.74) is 3.18. The molecule has 0 radical (unpaired) electrons. The molecule has 6 nitrogen and oxygen atoms in total. The number of aromatic nitrogens is 1. The number of thiazole rings is 1. The maximum absolute atomic E-state index is 11.2. The normalized spacial score (nSPS) is 13.7. The molecule has 8 heteroatoms. The topological polar surface area (TPSA) is 84.1 Å². The van der Waals surface area contributed by atoms with Crippen LogP contribution in [0.3, 0.4) is 0 Å². The Balaban J connectivity index is 1.77. The largest absolute Gasteiger partial charge is 0.497 e. The Hall–Kier alpha value is -3.23. The lowest BCUT2D eigenvalue weighted by Gasteiger charge is -2.06. The minimum Gasteiger partial charge on any atom is -0.497 e. The van der Waals surface area contributed by atoms with Gasteiger partial charge in [0.1, 0.15) is 5.75 Å². The molecule has 0 fully saturated rings. The highest BCUT2D eigenvalue weighted by Crippen LogP contribution is 2.38. The molecule has 0 unspecified atom stereocenters. The van der Waals surface area contributed by atoms with Crippen LogP contribution in [0.1, 0.15) is 20.8 Å². The third-order valence-corrected chi connectivity index (χ3v) is 5.62. The average Bonchev–Trinajstić information content (AvgIpc) is 3.22. The Kier molecular flexibility index (Phi) is 4.58. The quantitative estimate of drug-likeness (QED) is 0.596. The van der Waals surface area contributed by atoms with Crippen molar-refractivity contribution in [2.24, 2.45) is 4.99 Å². The third-order valence-electron chi connectivity index (χ3n) is 4.31. The Morgan fingerprint density at radius 3 is 2.86 bits per heavy atom. The molecule has 4 rings (SSSR count). The van der Waals surface area contributed by atoms with Crippen LogP contribution in [-0.4, -0.2) is 34.1 Å². The van der Waals surface area contributed by atoms with Crippen molar-refractivity contribution >= 4 is 53.1 Å². The van der Waals surface area contributed by atoms with Gasteiger partial charge in [0.25, 0.3) is 0 Å². The lowest BCUT2D eigenvalue weighted by Crippen LogP contribution is -1.99. The number of hydrogen-bond donors (Lipinski definition) is 2. The van der Waals surface area contributed by atoms with E-state index in [1.165, 1.54) is 28.0 Å². The molecule has 3 aromatic rings. The van der Waals surface area contributed by atoms with E-state index in [1.54, 1.807) is 25.5 Å². The van der Waals surface area contributed by atoms with Crippen LogP contribution in [0.5, 0.6) is 11.6 Å². The Labute approximate surface area is 169 Å². The highest BCUT2D eigenvalue weighted by molar-refractivity contribution is 7.73. The van der Waals surface area contributed by atoms with Crippen LogP contribution in [0, 0.1) is 3.95 Å². The molecule has 0 saturated heterocycles. The predicted molar refractivity (Wildman–Crippen MR) is 112 cm³/mol. The highest BCUT2D eigenvalue weighted by atomic mass is 32.1. The molecule has 2 N–H and O–H groups in total. The van der Waals surface area contributed by atoms with E-state index in [0.29, 0.717) is 14.5 Å². The van der Waals surface area contributed by atoms with Gasteiger partial charge in [-0.3, -0.25) is 9.56 Å². The average molecular weight is 410 g/mol. The molecular formula is C20H14N2O4S2. The lowest BCUT2D eigenvalue weighted by molar-refractivity contribution is 0.0697. The van der Waals surface area contributed by atoms with E-state index in [9.17, 15) is 15.0 Å². The zero-order valence-electron chi connectivity index (χ0n) is 14.6. The van der Waals surface area contributed by atoms with Crippen molar-refractivity contribution in [2.45, 2.75) is 0 Å². The van der Waals surface area contributed by atoms with Gasteiger partial charge in [-0.25, -0.2) is 4.79 Å². The number of ether oxygens (including phenoxy) is 1. The first-order chi connectivity index (χ1) is 13.5. The first-order valence-electron chi connectivity index (χ1n) is 8.20. The summed E-state index contributed by atoms with van der Waals surface area (Å²) >= 11 is 6.63. The van der Waals surface area contributed by atoms with Crippen molar-refractivity contribution in [1.29, 1.82) is 0 Å². The van der Waals surface area contributed by atoms with Gasteiger partial charge < -0.3 is 14.9 Å². The van der Waals surface area contributed by atoms with Crippen molar-refractivity contribution in [1.82, 2.24) is 4.57 Å². The summed E-state index contributed by atoms with van der Waals surface area (Å²) in [6, 6.07) is 11.9. The molecule has 1 aliphatic heterocycles. The van der Waals surface area contributed by atoms with Crippen molar-refractivity contribution in [3.8, 4) is 17.3 Å². The van der Waals surface area contributed by atoms with Gasteiger partial charge in [0.05, 0.1) is 28.9 Å². The highest BCUT2D eigenvalue weighted by Gasteiger charge is 2.17. The number of fused-ring (bicyclic) bond motifs is 1. The fourth-order valence-corrected chi connectivity index (χ4v) is 4.24. The van der Waals surface area contributed by atoms with E-state index < -0.39 is 5.97 Å². The summed E-state index contributed by atoms with van der Waals surface area (Å²) in [4.78, 5) is 16.2. The van der Waals surface area contributed by atoms with Crippen LogP contribution >= 0.6 is 23.6 Å². The van der Waals surface area contributed by atoms with Crippen LogP contribution in [0.2, 0.25) is 0 Å². The first-order valence-corrected chi connectivity index (χ1v) is 9.43. The molecule has 0 spiro atoms. The number of aromatic hydroxyl groups is 1. The van der Waals surface area contributed by atoms with Crippen LogP contribution < -0.4 is 4.74 Å². The molecular weight excluding hydrogens is 396 g/mol. The number of benzene rings is 2. The van der Waals surface area contributed by atoms with E-state index in [1.807, 2.05) is 24.3 Å². The van der Waals surface area contributed by atoms with Gasteiger partial charge in [0.2, 0.25) is 5.88 Å². The Bertz CT molecular complexity index is 1220. The van der Waals surface area contributed by atoms with Gasteiger partial charge in [-0.2, -0.15) is 0 Å². The smallest absolute Gasteiger partial charge is 0.335 e. The molecule has 1 aromatic heterocycles. The van der Waals surface area contributed by atoms with Gasteiger partial charge in [-0.1, -0.05) is 6.07 Å². The van der Waals surface area contributed by atoms with Crippen LogP contribution in [0.4, 0.5) is 5.69 Å². The maximum Gasteiger partial charge on any atom is 0.335 e. The summed E-state index contributed by atoms with van der Waals surface area (Å²) in [5.74, 6) is -0.361. The monoisotopic (exact) mass is 410 g/mol. The van der Waals surface area contributed by atoms with Crippen LogP contribution in [0.15, 0.2) is 47.5 Å². The van der Waals surface area contributed by atoms with Crippen molar-refractivity contribution in [3.05, 3.63) is 62.4 Å². The number of nitrogens with zero attached hydrogens (tertiary/aromatic N) is 2. The lowest BCUT2D eigenvalue weighted by atomic mass is 10.1. The summed E-state index contributed by atoms with van der Waals surface area (Å²) in [5, 5.41) is 19.9. The molecule has 140 valence electrons. The summed E-state index contributed by atoms with van der Waals surface area (Å²) in [6.07, 6.45) is 3.54. The summed E-state index contributed by atoms with van der Waals surface area (Å²) in [7, 11) is 1.60. The molecule has 2 heterocycles. The summed E-state index contributed by atoms with van der Waals surface area (Å²) in [6.45, 7) is 0. The number of rotatable bonds is 4. The minimum atomic E-state index is -1.04. The van der Waals surface area contributed by atoms with Crippen LogP contribution in [0.25, 0.3) is 17.3 Å². The molecule has 28 heavy (non-hydrogen) atoms. The number of aromatic carboxylic acids is 1. The van der Waals surface area contributed by atoms with E-state index in [4.69, 9.17) is 17.0 Å². The van der Waals surface area contributed by atoms with E-state index in [2.05, 4.69) is 4.99 Å². The van der Waals surface area contributed by atoms with Crippen LogP contribution in [-0.2, 0) is 0 Å². The standard InChI is InChI=1S/C20H14N2O4S2/c1-26-14-5-6-15-12(10-21-16(15)9-14)8-17-18(23)22(20(27)28-17)13-4-2-3-11(7-13)19(24)25/h2-10,23H,1H3,(H,24,25)/b12-8+. The van der Waals surface area contributed by atoms with E-state index in [-0.39, 0.29) is 11.4 Å². The first kappa shape index (κ1) is 18.1. The number of carboxylic acids is 1. The number of allylic oxidation sites excluding steroid dienone is 1. The molecule has 0 amide bonds. The number of hydrogen-bond acceptors (Lipinski definition) is 6. The van der Waals surface area contributed by atoms with Gasteiger partial charge in [-0.05, 0) is 48.6 Å². The fourth-order valence-electron chi connectivity index (χ4n) is 2.94. The second kappa shape index (κ2) is 7.06. The minimum absolute atomic E-state index is 0.0413. The Morgan fingerprint density at radius 2 is 2.11 bits per heavy atom. The van der Waals surface area contributed by atoms with E-state index in [0.717, 1.165) is 22.6 Å². The molecule has 0 atom stereocenters. The Morgan fingerprint density at radius 1 is 1.29 bits per heavy atom. The van der Waals surface area contributed by atoms with Crippen molar-refractivity contribution in [2.75, 3.05) is 7.11 Å². The second-order valence-corrected chi connectivity index (χ2v) is 7.66. The maximum atomic E-state index is 11.2. The van der Waals surface area contributed by atoms with Gasteiger partial charge in [0, 0.05) is 23.4 Å². The second-order valence-electron chi connectivity index (χ2n) is 5.99. The molecule has 1 aliphatic rings. The van der Waals surface area contributed by atoms with Gasteiger partial charge in [-0.15, -0.1) is 11.3 Å². The SMILES string of the molecule is COc1ccc2c(c1)N=C/C2=C\c1sc(=S)n(-c2cccc(C(=O)O)c2)c1O. The zero-order chi connectivity index (χ0) is 19.8. The van der Waals surface area contributed by atoms with Crippen molar-refractivity contribution in [3.63, 3.8) is 0 Å². The van der Waals surface area contributed by atoms with E-state index >= 15 is 0 Å². The molecule has 0 saturated carbocycles. The molecule has 0 aliphatic carbocycles. The molecule has 0 bridgehead atoms. The predicted octanol–water partition coefficient (Wildman–Crippen LogP) is 4.94. The van der Waals surface area contributed by atoms with Crippen molar-refractivity contribution < 1.29 is 19.7 Å². The summed E-state index contributed by atoms with van der Waals surface area (Å²) < 4.78 is 7.09. The number of carbonyl (C=O) groups is 1. The molecule has 2 aromatic carbocycles. The third kappa shape index (κ3) is 3.12. The number of methoxy groups -OCH3 is 1. The van der Waals surface area contributed by atoms with Gasteiger partial charge >= 0.3 is 5.97 Å². The number of carboxylic acid groups (broad SMARTS) is 1. The van der Waals surface area contributed by atoms with Gasteiger partial charge in [0.15, 0.2) is 3.95 Å². The fraction of sp³-hybridized carbons (Fsp3) is 0.0500.